The quantitative estimate of drug-likeness (QED) is 0.691. The van der Waals surface area contributed by atoms with Gasteiger partial charge in [-0.3, -0.25) is 0 Å². The molecular formula is C18H14ClFN2O3. The predicted molar refractivity (Wildman–Crippen MR) is 94.3 cm³/mol. The number of fused-ring (bicyclic) bond motifs is 1. The van der Waals surface area contributed by atoms with E-state index in [4.69, 9.17) is 21.1 Å². The fourth-order valence-electron chi connectivity index (χ4n) is 2.45. The molecule has 0 radical (unpaired) electrons. The number of halogens is 2. The molecule has 3 rings (SSSR count). The van der Waals surface area contributed by atoms with Crippen molar-refractivity contribution in [3.63, 3.8) is 0 Å². The Morgan fingerprint density at radius 3 is 2.68 bits per heavy atom. The number of pyridine rings is 1. The summed E-state index contributed by atoms with van der Waals surface area (Å²) < 4.78 is 24.2. The Bertz CT molecular complexity index is 962. The molecule has 5 nitrogen and oxygen atoms in total. The standard InChI is InChI=1S/C18H14ClFN2O3/c1-24-16-7-6-10(19)8-14(16)21-13-9-15(18(23)25-2)22-17-11(13)4-3-5-12(17)20/h3-9H,1-2H3,(H,21,22). The Labute approximate surface area is 148 Å². The summed E-state index contributed by atoms with van der Waals surface area (Å²) >= 11 is 6.05. The zero-order valence-corrected chi connectivity index (χ0v) is 14.2. The first kappa shape index (κ1) is 17.0. The summed E-state index contributed by atoms with van der Waals surface area (Å²) in [5, 5.41) is 4.14. The van der Waals surface area contributed by atoms with Gasteiger partial charge in [-0.2, -0.15) is 0 Å². The van der Waals surface area contributed by atoms with Gasteiger partial charge in [-0.1, -0.05) is 23.7 Å². The van der Waals surface area contributed by atoms with Crippen LogP contribution in [0, 0.1) is 5.82 Å². The molecule has 0 aliphatic rings. The lowest BCUT2D eigenvalue weighted by Gasteiger charge is -2.14. The van der Waals surface area contributed by atoms with Crippen LogP contribution in [0.3, 0.4) is 0 Å². The minimum Gasteiger partial charge on any atom is -0.495 e. The molecule has 128 valence electrons. The van der Waals surface area contributed by atoms with E-state index in [1.54, 1.807) is 30.3 Å². The molecule has 0 saturated heterocycles. The van der Waals surface area contributed by atoms with Gasteiger partial charge in [0.15, 0.2) is 5.69 Å². The summed E-state index contributed by atoms with van der Waals surface area (Å²) in [6, 6.07) is 11.1. The highest BCUT2D eigenvalue weighted by Crippen LogP contribution is 2.34. The van der Waals surface area contributed by atoms with E-state index in [1.165, 1.54) is 26.4 Å². The molecule has 0 saturated carbocycles. The van der Waals surface area contributed by atoms with Crippen LogP contribution >= 0.6 is 11.6 Å². The average Bonchev–Trinajstić information content (AvgIpc) is 2.62. The fraction of sp³-hybridized carbons (Fsp3) is 0.111. The SMILES string of the molecule is COC(=O)c1cc(Nc2cc(Cl)ccc2OC)c2cccc(F)c2n1. The normalized spacial score (nSPS) is 10.6. The molecule has 0 unspecified atom stereocenters. The second-order valence-electron chi connectivity index (χ2n) is 5.15. The highest BCUT2D eigenvalue weighted by molar-refractivity contribution is 6.31. The summed E-state index contributed by atoms with van der Waals surface area (Å²) in [7, 11) is 2.77. The predicted octanol–water partition coefficient (Wildman–Crippen LogP) is 4.57. The summed E-state index contributed by atoms with van der Waals surface area (Å²) in [6.45, 7) is 0. The number of anilines is 2. The number of para-hydroxylation sites is 1. The van der Waals surface area contributed by atoms with Crippen molar-refractivity contribution in [2.24, 2.45) is 0 Å². The van der Waals surface area contributed by atoms with Gasteiger partial charge in [0.25, 0.3) is 0 Å². The van der Waals surface area contributed by atoms with Gasteiger partial charge in [0, 0.05) is 10.4 Å². The molecule has 0 aliphatic carbocycles. The maximum atomic E-state index is 14.2. The molecule has 1 aromatic heterocycles. The number of hydrogen-bond acceptors (Lipinski definition) is 5. The van der Waals surface area contributed by atoms with Gasteiger partial charge in [-0.25, -0.2) is 14.2 Å². The van der Waals surface area contributed by atoms with Crippen LogP contribution in [0.2, 0.25) is 5.02 Å². The van der Waals surface area contributed by atoms with E-state index >= 15 is 0 Å². The van der Waals surface area contributed by atoms with Crippen LogP contribution in [0.15, 0.2) is 42.5 Å². The molecule has 0 aliphatic heterocycles. The van der Waals surface area contributed by atoms with Crippen LogP contribution in [-0.2, 0) is 4.74 Å². The van der Waals surface area contributed by atoms with Crippen LogP contribution in [0.5, 0.6) is 5.75 Å². The van der Waals surface area contributed by atoms with E-state index in [2.05, 4.69) is 10.3 Å². The molecule has 0 bridgehead atoms. The Morgan fingerprint density at radius 2 is 1.96 bits per heavy atom. The van der Waals surface area contributed by atoms with Gasteiger partial charge in [-0.05, 0) is 30.3 Å². The number of methoxy groups -OCH3 is 2. The van der Waals surface area contributed by atoms with Gasteiger partial charge in [0.1, 0.15) is 17.1 Å². The number of rotatable bonds is 4. The minimum absolute atomic E-state index is 0.0106. The smallest absolute Gasteiger partial charge is 0.356 e. The van der Waals surface area contributed by atoms with E-state index in [0.29, 0.717) is 27.5 Å². The van der Waals surface area contributed by atoms with E-state index in [9.17, 15) is 9.18 Å². The van der Waals surface area contributed by atoms with Gasteiger partial charge in [0.2, 0.25) is 0 Å². The van der Waals surface area contributed by atoms with Gasteiger partial charge < -0.3 is 14.8 Å². The van der Waals surface area contributed by atoms with E-state index in [0.717, 1.165) is 0 Å². The zero-order valence-electron chi connectivity index (χ0n) is 13.5. The number of nitrogens with one attached hydrogen (secondary N) is 1. The van der Waals surface area contributed by atoms with Crippen molar-refractivity contribution in [3.8, 4) is 5.75 Å². The number of benzene rings is 2. The molecule has 1 N–H and O–H groups in total. The zero-order chi connectivity index (χ0) is 18.0. The number of carbonyl (C=O) groups is 1. The summed E-state index contributed by atoms with van der Waals surface area (Å²) in [5.74, 6) is -0.652. The second-order valence-corrected chi connectivity index (χ2v) is 5.59. The molecule has 7 heteroatoms. The molecule has 0 amide bonds. The number of ether oxygens (including phenoxy) is 2. The molecule has 1 heterocycles. The Morgan fingerprint density at radius 1 is 1.16 bits per heavy atom. The molecule has 25 heavy (non-hydrogen) atoms. The second kappa shape index (κ2) is 6.94. The average molecular weight is 361 g/mol. The van der Waals surface area contributed by atoms with Crippen molar-refractivity contribution in [2.45, 2.75) is 0 Å². The lowest BCUT2D eigenvalue weighted by atomic mass is 10.1. The van der Waals surface area contributed by atoms with Crippen molar-refractivity contribution in [3.05, 3.63) is 59.0 Å². The largest absolute Gasteiger partial charge is 0.495 e. The maximum Gasteiger partial charge on any atom is 0.356 e. The van der Waals surface area contributed by atoms with Crippen molar-refractivity contribution in [2.75, 3.05) is 19.5 Å². The third-order valence-electron chi connectivity index (χ3n) is 3.62. The fourth-order valence-corrected chi connectivity index (χ4v) is 2.62. The van der Waals surface area contributed by atoms with Crippen LogP contribution in [0.4, 0.5) is 15.8 Å². The summed E-state index contributed by atoms with van der Waals surface area (Å²) in [5.41, 5.74) is 1.10. The van der Waals surface area contributed by atoms with E-state index < -0.39 is 11.8 Å². The Kier molecular flexibility index (Phi) is 4.72. The van der Waals surface area contributed by atoms with Crippen LogP contribution < -0.4 is 10.1 Å². The Hall–Kier alpha value is -2.86. The third kappa shape index (κ3) is 3.34. The van der Waals surface area contributed by atoms with E-state index in [1.807, 2.05) is 0 Å². The van der Waals surface area contributed by atoms with Crippen molar-refractivity contribution in [1.29, 1.82) is 0 Å². The number of carbonyl (C=O) groups excluding carboxylic acids is 1. The Balaban J connectivity index is 2.19. The molecule has 3 aromatic rings. The maximum absolute atomic E-state index is 14.2. The van der Waals surface area contributed by atoms with Crippen LogP contribution in [0.1, 0.15) is 10.5 Å². The number of esters is 1. The molecule has 0 spiro atoms. The lowest BCUT2D eigenvalue weighted by molar-refractivity contribution is 0.0594. The first-order valence-electron chi connectivity index (χ1n) is 7.31. The number of nitrogens with zero attached hydrogens (tertiary/aromatic N) is 1. The van der Waals surface area contributed by atoms with Crippen molar-refractivity contribution >= 4 is 39.8 Å². The van der Waals surface area contributed by atoms with E-state index in [-0.39, 0.29) is 11.2 Å². The topological polar surface area (TPSA) is 60.5 Å². The van der Waals surface area contributed by atoms with Gasteiger partial charge in [-0.15, -0.1) is 0 Å². The summed E-state index contributed by atoms with van der Waals surface area (Å²) in [6.07, 6.45) is 0. The molecule has 0 atom stereocenters. The van der Waals surface area contributed by atoms with Crippen LogP contribution in [-0.4, -0.2) is 25.2 Å². The molecule has 2 aromatic carbocycles. The van der Waals surface area contributed by atoms with Gasteiger partial charge in [0.05, 0.1) is 25.6 Å². The molecular weight excluding hydrogens is 347 g/mol. The third-order valence-corrected chi connectivity index (χ3v) is 3.85. The number of aromatic nitrogens is 1. The lowest BCUT2D eigenvalue weighted by Crippen LogP contribution is -2.07. The highest BCUT2D eigenvalue weighted by Gasteiger charge is 2.16. The molecule has 0 fully saturated rings. The summed E-state index contributed by atoms with van der Waals surface area (Å²) in [4.78, 5) is 15.9. The number of hydrogen-bond donors (Lipinski definition) is 1. The first-order chi connectivity index (χ1) is 12.0. The van der Waals surface area contributed by atoms with Gasteiger partial charge >= 0.3 is 5.97 Å². The van der Waals surface area contributed by atoms with Crippen molar-refractivity contribution in [1.82, 2.24) is 4.98 Å². The van der Waals surface area contributed by atoms with Crippen LogP contribution in [0.25, 0.3) is 10.9 Å². The first-order valence-corrected chi connectivity index (χ1v) is 7.69. The highest BCUT2D eigenvalue weighted by atomic mass is 35.5. The minimum atomic E-state index is -0.661. The van der Waals surface area contributed by atoms with Crippen molar-refractivity contribution < 1.29 is 18.7 Å². The monoisotopic (exact) mass is 360 g/mol.